The summed E-state index contributed by atoms with van der Waals surface area (Å²) in [5, 5.41) is 9.75. The van der Waals surface area contributed by atoms with E-state index in [1.165, 1.54) is 20.8 Å². The van der Waals surface area contributed by atoms with E-state index in [1.54, 1.807) is 0 Å². The molecule has 15 nitrogen and oxygen atoms in total. The van der Waals surface area contributed by atoms with E-state index in [-0.39, 0.29) is 73.3 Å². The molecule has 0 spiro atoms. The fourth-order valence-corrected chi connectivity index (χ4v) is 4.24. The summed E-state index contributed by atoms with van der Waals surface area (Å²) < 4.78 is 21.4. The first-order valence-electron chi connectivity index (χ1n) is 12.0. The number of amides is 1. The summed E-state index contributed by atoms with van der Waals surface area (Å²) in [4.78, 5) is 38.8. The standard InChI is InChI=1S/C12H20N4O4.C10H18N4O3.ClH/c1-6-7(2)11(15-8(3)17)12(19-9(4)18)20-10(6)5-14-16-13;1-5-6(2)9(11)10(16-7(3)15)17-8(5)4-13-14-12;/h6-7,10-12H,5H2,1-4H3,(H,15,17);5-6,8-10H,4,11H2,1-3H3;1H/t6-,7-,10?,11?,12+;5-,6-,8?,9?,10+;/m00./s1. The molecule has 0 saturated carbocycles. The Hall–Kier alpha value is -2.80. The van der Waals surface area contributed by atoms with E-state index in [0.29, 0.717) is 0 Å². The van der Waals surface area contributed by atoms with Crippen LogP contribution in [0.15, 0.2) is 10.2 Å². The van der Waals surface area contributed by atoms with Crippen molar-refractivity contribution in [2.75, 3.05) is 13.1 Å². The number of ether oxygens (including phenoxy) is 4. The van der Waals surface area contributed by atoms with Crippen LogP contribution in [-0.2, 0) is 33.3 Å². The molecular weight excluding hydrogens is 524 g/mol. The van der Waals surface area contributed by atoms with Crippen molar-refractivity contribution in [2.45, 2.75) is 85.3 Å². The van der Waals surface area contributed by atoms with Gasteiger partial charge in [-0.25, -0.2) is 0 Å². The Kier molecular flexibility index (Phi) is 15.7. The van der Waals surface area contributed by atoms with Gasteiger partial charge in [0, 0.05) is 30.6 Å². The number of nitrogens with one attached hydrogen (secondary N) is 1. The Bertz CT molecular complexity index is 883. The zero-order valence-electron chi connectivity index (χ0n) is 22.7. The fraction of sp³-hybridized carbons (Fsp3) is 0.864. The van der Waals surface area contributed by atoms with E-state index in [9.17, 15) is 14.4 Å². The molecule has 2 aliphatic heterocycles. The number of rotatable bonds is 7. The first-order chi connectivity index (χ1) is 17.3. The van der Waals surface area contributed by atoms with E-state index < -0.39 is 30.6 Å². The maximum Gasteiger partial charge on any atom is 0.305 e. The molecule has 38 heavy (non-hydrogen) atoms. The zero-order chi connectivity index (χ0) is 28.3. The highest BCUT2D eigenvalue weighted by Gasteiger charge is 2.43. The lowest BCUT2D eigenvalue weighted by Gasteiger charge is -2.43. The average molecular weight is 563 g/mol. The van der Waals surface area contributed by atoms with Gasteiger partial charge in [0.2, 0.25) is 18.5 Å². The van der Waals surface area contributed by atoms with Crippen LogP contribution in [0.1, 0.15) is 48.5 Å². The molecule has 4 unspecified atom stereocenters. The van der Waals surface area contributed by atoms with Gasteiger partial charge in [-0.2, -0.15) is 0 Å². The Morgan fingerprint density at radius 2 is 1.24 bits per heavy atom. The number of azide groups is 2. The SMILES string of the molecule is CC(=O)NC1[C@H](OC(C)=O)OC(CN=[N+]=[N-])[C@@H](C)[C@@H]1C.CC(=O)O[C@@H]1OC(CN=[N+]=[N-])[C@@H](C)[C@H](C)C1N.Cl. The number of hydrogen-bond acceptors (Lipinski definition) is 10. The van der Waals surface area contributed by atoms with Gasteiger partial charge in [-0.3, -0.25) is 14.4 Å². The van der Waals surface area contributed by atoms with Gasteiger partial charge in [-0.1, -0.05) is 37.9 Å². The highest BCUT2D eigenvalue weighted by molar-refractivity contribution is 5.85. The van der Waals surface area contributed by atoms with Crippen molar-refractivity contribution in [1.29, 1.82) is 0 Å². The predicted molar refractivity (Wildman–Crippen MR) is 138 cm³/mol. The largest absolute Gasteiger partial charge is 0.434 e. The van der Waals surface area contributed by atoms with Crippen molar-refractivity contribution in [2.24, 2.45) is 39.6 Å². The second-order valence-corrected chi connectivity index (χ2v) is 9.37. The van der Waals surface area contributed by atoms with Crippen molar-refractivity contribution in [3.63, 3.8) is 0 Å². The molecule has 0 bridgehead atoms. The molecule has 2 heterocycles. The van der Waals surface area contributed by atoms with Crippen LogP contribution in [0.3, 0.4) is 0 Å². The first-order valence-corrected chi connectivity index (χ1v) is 12.0. The normalized spacial score (nSPS) is 33.9. The van der Waals surface area contributed by atoms with Gasteiger partial charge in [0.1, 0.15) is 0 Å². The topological polar surface area (TPSA) is 224 Å². The van der Waals surface area contributed by atoms with Crippen molar-refractivity contribution >= 4 is 30.3 Å². The van der Waals surface area contributed by atoms with Crippen LogP contribution < -0.4 is 11.1 Å². The highest BCUT2D eigenvalue weighted by atomic mass is 35.5. The molecule has 10 atom stereocenters. The third-order valence-corrected chi connectivity index (χ3v) is 6.81. The van der Waals surface area contributed by atoms with Gasteiger partial charge < -0.3 is 30.0 Å². The molecule has 2 aliphatic rings. The molecule has 1 amide bonds. The van der Waals surface area contributed by atoms with E-state index in [2.05, 4.69) is 25.4 Å². The van der Waals surface area contributed by atoms with E-state index >= 15 is 0 Å². The molecule has 0 aromatic heterocycles. The third kappa shape index (κ3) is 10.5. The summed E-state index contributed by atoms with van der Waals surface area (Å²) in [7, 11) is 0. The summed E-state index contributed by atoms with van der Waals surface area (Å²) >= 11 is 0. The summed E-state index contributed by atoms with van der Waals surface area (Å²) in [6, 6.07) is -0.787. The monoisotopic (exact) mass is 562 g/mol. The molecule has 2 fully saturated rings. The van der Waals surface area contributed by atoms with Crippen LogP contribution in [0.2, 0.25) is 0 Å². The number of esters is 2. The molecule has 3 N–H and O–H groups in total. The minimum Gasteiger partial charge on any atom is -0.434 e. The van der Waals surface area contributed by atoms with E-state index in [0.717, 1.165) is 0 Å². The number of hydrogen-bond donors (Lipinski definition) is 2. The lowest BCUT2D eigenvalue weighted by molar-refractivity contribution is -0.229. The number of halogens is 1. The predicted octanol–water partition coefficient (Wildman–Crippen LogP) is 2.97. The molecule has 0 aromatic rings. The third-order valence-electron chi connectivity index (χ3n) is 6.81. The molecule has 2 saturated heterocycles. The Balaban J connectivity index is 0.000000711. The minimum atomic E-state index is -0.874. The van der Waals surface area contributed by atoms with Gasteiger partial charge in [-0.05, 0) is 34.7 Å². The number of nitrogens with zero attached hydrogens (tertiary/aromatic N) is 6. The summed E-state index contributed by atoms with van der Waals surface area (Å²) in [5.74, 6) is -0.831. The van der Waals surface area contributed by atoms with Gasteiger partial charge >= 0.3 is 11.9 Å². The quantitative estimate of drug-likeness (QED) is 0.202. The van der Waals surface area contributed by atoms with Crippen LogP contribution >= 0.6 is 12.4 Å². The smallest absolute Gasteiger partial charge is 0.305 e. The number of carbonyl (C=O) groups is 3. The highest BCUT2D eigenvalue weighted by Crippen LogP contribution is 2.32. The Morgan fingerprint density at radius 1 is 0.816 bits per heavy atom. The molecule has 0 radical (unpaired) electrons. The maximum atomic E-state index is 11.3. The lowest BCUT2D eigenvalue weighted by Crippen LogP contribution is -2.58. The Morgan fingerprint density at radius 3 is 1.66 bits per heavy atom. The number of carbonyl (C=O) groups excluding carboxylic acids is 3. The van der Waals surface area contributed by atoms with Crippen LogP contribution in [0.25, 0.3) is 20.9 Å². The average Bonchev–Trinajstić information content (AvgIpc) is 2.82. The van der Waals surface area contributed by atoms with Crippen molar-refractivity contribution < 1.29 is 33.3 Å². The van der Waals surface area contributed by atoms with Crippen molar-refractivity contribution in [3.8, 4) is 0 Å². The molecule has 0 aliphatic carbocycles. The molecule has 16 heteroatoms. The molecule has 2 rings (SSSR count). The van der Waals surface area contributed by atoms with Crippen molar-refractivity contribution in [3.05, 3.63) is 20.9 Å². The van der Waals surface area contributed by atoms with Crippen LogP contribution in [-0.4, -0.2) is 67.8 Å². The van der Waals surface area contributed by atoms with Crippen LogP contribution in [0, 0.1) is 23.7 Å². The number of nitrogens with two attached hydrogens (primary N) is 1. The minimum absolute atomic E-state index is 0. The van der Waals surface area contributed by atoms with Gasteiger partial charge in [0.15, 0.2) is 0 Å². The molecule has 216 valence electrons. The summed E-state index contributed by atoms with van der Waals surface area (Å²) in [5.41, 5.74) is 22.6. The van der Waals surface area contributed by atoms with Gasteiger partial charge in [-0.15, -0.1) is 12.4 Å². The second-order valence-electron chi connectivity index (χ2n) is 9.37. The van der Waals surface area contributed by atoms with E-state index in [4.69, 9.17) is 35.7 Å². The fourth-order valence-electron chi connectivity index (χ4n) is 4.24. The Labute approximate surface area is 228 Å². The summed E-state index contributed by atoms with van der Waals surface area (Å²) in [6.45, 7) is 12.2. The van der Waals surface area contributed by atoms with Crippen LogP contribution in [0.5, 0.6) is 0 Å². The first kappa shape index (κ1) is 35.2. The van der Waals surface area contributed by atoms with Gasteiger partial charge in [0.05, 0.1) is 37.4 Å². The van der Waals surface area contributed by atoms with Crippen molar-refractivity contribution in [1.82, 2.24) is 5.32 Å². The molecule has 0 aromatic carbocycles. The van der Waals surface area contributed by atoms with Crippen LogP contribution in [0.4, 0.5) is 0 Å². The summed E-state index contributed by atoms with van der Waals surface area (Å²) in [6.07, 6.45) is -2.26. The lowest BCUT2D eigenvalue weighted by atomic mass is 9.82. The second kappa shape index (κ2) is 16.9. The maximum absolute atomic E-state index is 11.3. The van der Waals surface area contributed by atoms with Gasteiger partial charge in [0.25, 0.3) is 0 Å². The molecular formula is C22H39ClN8O7. The van der Waals surface area contributed by atoms with E-state index in [1.807, 2.05) is 27.7 Å². The zero-order valence-corrected chi connectivity index (χ0v) is 23.5.